The fourth-order valence-electron chi connectivity index (χ4n) is 2.12. The number of nitrogens with zero attached hydrogens (tertiary/aromatic N) is 1. The summed E-state index contributed by atoms with van der Waals surface area (Å²) in [5, 5.41) is 13.6. The van der Waals surface area contributed by atoms with Gasteiger partial charge >= 0.3 is 0 Å². The highest BCUT2D eigenvalue weighted by molar-refractivity contribution is 6.30. The molecule has 0 aliphatic heterocycles. The van der Waals surface area contributed by atoms with Crippen molar-refractivity contribution in [1.82, 2.24) is 4.90 Å². The van der Waals surface area contributed by atoms with Crippen LogP contribution in [0.1, 0.15) is 11.7 Å². The summed E-state index contributed by atoms with van der Waals surface area (Å²) in [6, 6.07) is 16.3. The zero-order valence-electron chi connectivity index (χ0n) is 12.4. The van der Waals surface area contributed by atoms with Gasteiger partial charge in [-0.2, -0.15) is 0 Å². The average molecular weight is 319 g/mol. The number of aliphatic hydroxyl groups excluding tert-OH is 1. The number of likely N-dealkylation sites (N-methyl/N-ethyl adjacent to an activating group) is 1. The summed E-state index contributed by atoms with van der Waals surface area (Å²) in [6.07, 6.45) is -0.616. The van der Waals surface area contributed by atoms with Crippen LogP contribution in [0.4, 0.5) is 5.69 Å². The molecule has 0 saturated heterocycles. The van der Waals surface area contributed by atoms with Crippen LogP contribution in [0.5, 0.6) is 0 Å². The molecule has 0 saturated carbocycles. The highest BCUT2D eigenvalue weighted by Crippen LogP contribution is 2.14. The number of anilines is 1. The number of rotatable bonds is 6. The number of benzene rings is 2. The predicted molar refractivity (Wildman–Crippen MR) is 89.0 cm³/mol. The maximum Gasteiger partial charge on any atom is 0.238 e. The van der Waals surface area contributed by atoms with Crippen LogP contribution < -0.4 is 5.32 Å². The largest absolute Gasteiger partial charge is 0.387 e. The van der Waals surface area contributed by atoms with Crippen molar-refractivity contribution in [2.45, 2.75) is 6.10 Å². The van der Waals surface area contributed by atoms with Crippen LogP contribution in [-0.4, -0.2) is 36.1 Å². The SMILES string of the molecule is CN(CC(=O)Nc1ccc(Cl)cc1)C[C@H](O)c1ccccc1. The second-order valence-corrected chi connectivity index (χ2v) is 5.61. The standard InChI is InChI=1S/C17H19ClN2O2/c1-20(11-16(21)13-5-3-2-4-6-13)12-17(22)19-15-9-7-14(18)8-10-15/h2-10,16,21H,11-12H2,1H3,(H,19,22)/t16-/m0/s1. The third-order valence-electron chi connectivity index (χ3n) is 3.21. The summed E-state index contributed by atoms with van der Waals surface area (Å²) >= 11 is 5.80. The molecule has 0 fully saturated rings. The predicted octanol–water partition coefficient (Wildman–Crippen LogP) is 2.94. The van der Waals surface area contributed by atoms with Gasteiger partial charge in [0.2, 0.25) is 5.91 Å². The fourth-order valence-corrected chi connectivity index (χ4v) is 2.25. The maximum atomic E-state index is 12.0. The van der Waals surface area contributed by atoms with E-state index in [0.29, 0.717) is 17.3 Å². The molecule has 0 unspecified atom stereocenters. The maximum absolute atomic E-state index is 12.0. The lowest BCUT2D eigenvalue weighted by molar-refractivity contribution is -0.117. The first-order chi connectivity index (χ1) is 10.5. The first-order valence-corrected chi connectivity index (χ1v) is 7.39. The van der Waals surface area contributed by atoms with E-state index in [0.717, 1.165) is 5.56 Å². The van der Waals surface area contributed by atoms with E-state index < -0.39 is 6.10 Å². The molecule has 2 aromatic carbocycles. The minimum Gasteiger partial charge on any atom is -0.387 e. The minimum atomic E-state index is -0.616. The normalized spacial score (nSPS) is 12.2. The Labute approximate surface area is 135 Å². The molecular weight excluding hydrogens is 300 g/mol. The van der Waals surface area contributed by atoms with Crippen molar-refractivity contribution in [2.24, 2.45) is 0 Å². The molecule has 2 N–H and O–H groups in total. The van der Waals surface area contributed by atoms with Crippen molar-refractivity contribution < 1.29 is 9.90 Å². The number of hydrogen-bond donors (Lipinski definition) is 2. The Kier molecular flexibility index (Phi) is 5.95. The van der Waals surface area contributed by atoms with Crippen LogP contribution in [-0.2, 0) is 4.79 Å². The van der Waals surface area contributed by atoms with Gasteiger partial charge in [-0.25, -0.2) is 0 Å². The smallest absolute Gasteiger partial charge is 0.238 e. The van der Waals surface area contributed by atoms with E-state index in [1.54, 1.807) is 36.2 Å². The topological polar surface area (TPSA) is 52.6 Å². The van der Waals surface area contributed by atoms with Gasteiger partial charge in [0.15, 0.2) is 0 Å². The van der Waals surface area contributed by atoms with Crippen molar-refractivity contribution in [3.63, 3.8) is 0 Å². The van der Waals surface area contributed by atoms with Crippen molar-refractivity contribution in [3.8, 4) is 0 Å². The van der Waals surface area contributed by atoms with Gasteiger partial charge in [0.25, 0.3) is 0 Å². The van der Waals surface area contributed by atoms with Gasteiger partial charge in [0, 0.05) is 17.3 Å². The zero-order chi connectivity index (χ0) is 15.9. The minimum absolute atomic E-state index is 0.134. The number of amides is 1. The zero-order valence-corrected chi connectivity index (χ0v) is 13.1. The third-order valence-corrected chi connectivity index (χ3v) is 3.46. The Balaban J connectivity index is 1.82. The number of hydrogen-bond acceptors (Lipinski definition) is 3. The molecular formula is C17H19ClN2O2. The highest BCUT2D eigenvalue weighted by atomic mass is 35.5. The van der Waals surface area contributed by atoms with Gasteiger partial charge in [-0.05, 0) is 36.9 Å². The summed E-state index contributed by atoms with van der Waals surface area (Å²) in [7, 11) is 1.80. The lowest BCUT2D eigenvalue weighted by Gasteiger charge is -2.20. The summed E-state index contributed by atoms with van der Waals surface area (Å²) in [6.45, 7) is 0.588. The van der Waals surface area contributed by atoms with Gasteiger partial charge < -0.3 is 10.4 Å². The monoisotopic (exact) mass is 318 g/mol. The molecule has 4 nitrogen and oxygen atoms in total. The van der Waals surface area contributed by atoms with Gasteiger partial charge in [-0.1, -0.05) is 41.9 Å². The molecule has 5 heteroatoms. The Hall–Kier alpha value is -1.88. The van der Waals surface area contributed by atoms with Crippen molar-refractivity contribution in [3.05, 3.63) is 65.2 Å². The first-order valence-electron chi connectivity index (χ1n) is 7.01. The molecule has 0 aliphatic carbocycles. The molecule has 2 rings (SSSR count). The Morgan fingerprint density at radius 3 is 2.45 bits per heavy atom. The first kappa shape index (κ1) is 16.5. The molecule has 1 atom stereocenters. The molecule has 0 bridgehead atoms. The van der Waals surface area contributed by atoms with Crippen molar-refractivity contribution >= 4 is 23.2 Å². The molecule has 1 amide bonds. The molecule has 0 heterocycles. The molecule has 0 aromatic heterocycles. The van der Waals surface area contributed by atoms with Crippen LogP contribution in [0.15, 0.2) is 54.6 Å². The lowest BCUT2D eigenvalue weighted by Crippen LogP contribution is -2.33. The summed E-state index contributed by atoms with van der Waals surface area (Å²) in [5.41, 5.74) is 1.54. The van der Waals surface area contributed by atoms with Crippen LogP contribution in [0.3, 0.4) is 0 Å². The number of carbonyl (C=O) groups is 1. The Bertz CT molecular complexity index is 602. The van der Waals surface area contributed by atoms with Crippen LogP contribution in [0.2, 0.25) is 5.02 Å². The van der Waals surface area contributed by atoms with E-state index in [1.165, 1.54) is 0 Å². The van der Waals surface area contributed by atoms with Gasteiger partial charge in [0.05, 0.1) is 12.6 Å². The Morgan fingerprint density at radius 1 is 1.18 bits per heavy atom. The van der Waals surface area contributed by atoms with Crippen LogP contribution in [0.25, 0.3) is 0 Å². The van der Waals surface area contributed by atoms with Gasteiger partial charge in [0.1, 0.15) is 0 Å². The van der Waals surface area contributed by atoms with E-state index in [2.05, 4.69) is 5.32 Å². The van der Waals surface area contributed by atoms with E-state index in [-0.39, 0.29) is 12.5 Å². The molecule has 22 heavy (non-hydrogen) atoms. The molecule has 0 spiro atoms. The summed E-state index contributed by atoms with van der Waals surface area (Å²) < 4.78 is 0. The van der Waals surface area contributed by atoms with Gasteiger partial charge in [-0.15, -0.1) is 0 Å². The fraction of sp³-hybridized carbons (Fsp3) is 0.235. The van der Waals surface area contributed by atoms with E-state index in [9.17, 15) is 9.90 Å². The summed E-state index contributed by atoms with van der Waals surface area (Å²) in [4.78, 5) is 13.7. The second kappa shape index (κ2) is 7.94. The average Bonchev–Trinajstić information content (AvgIpc) is 2.50. The highest BCUT2D eigenvalue weighted by Gasteiger charge is 2.13. The van der Waals surface area contributed by atoms with E-state index >= 15 is 0 Å². The molecule has 116 valence electrons. The quantitative estimate of drug-likeness (QED) is 0.861. The summed E-state index contributed by atoms with van der Waals surface area (Å²) in [5.74, 6) is -0.134. The van der Waals surface area contributed by atoms with Crippen LogP contribution >= 0.6 is 11.6 Å². The van der Waals surface area contributed by atoms with Crippen molar-refractivity contribution in [2.75, 3.05) is 25.5 Å². The third kappa shape index (κ3) is 5.15. The number of aliphatic hydroxyl groups is 1. The number of carbonyl (C=O) groups excluding carboxylic acids is 1. The number of nitrogens with one attached hydrogen (secondary N) is 1. The van der Waals surface area contributed by atoms with Crippen molar-refractivity contribution in [1.29, 1.82) is 0 Å². The lowest BCUT2D eigenvalue weighted by atomic mass is 10.1. The van der Waals surface area contributed by atoms with E-state index in [1.807, 2.05) is 30.3 Å². The van der Waals surface area contributed by atoms with Crippen LogP contribution in [0, 0.1) is 0 Å². The molecule has 0 radical (unpaired) electrons. The Morgan fingerprint density at radius 2 is 1.82 bits per heavy atom. The van der Waals surface area contributed by atoms with E-state index in [4.69, 9.17) is 11.6 Å². The number of halogens is 1. The molecule has 0 aliphatic rings. The second-order valence-electron chi connectivity index (χ2n) is 5.18. The molecule has 2 aromatic rings. The van der Waals surface area contributed by atoms with Gasteiger partial charge in [-0.3, -0.25) is 9.69 Å².